The minimum Gasteiger partial charge on any atom is -0.497 e. The van der Waals surface area contributed by atoms with E-state index in [-0.39, 0.29) is 11.1 Å². The Morgan fingerprint density at radius 2 is 1.68 bits per heavy atom. The molecule has 2 heterocycles. The normalized spacial score (nSPS) is 16.3. The van der Waals surface area contributed by atoms with E-state index in [4.69, 9.17) is 9.84 Å². The molecule has 1 atom stereocenters. The highest BCUT2D eigenvalue weighted by Crippen LogP contribution is 2.33. The lowest BCUT2D eigenvalue weighted by molar-refractivity contribution is 0.415. The lowest BCUT2D eigenvalue weighted by Gasteiger charge is -2.20. The molecule has 0 spiro atoms. The summed E-state index contributed by atoms with van der Waals surface area (Å²) in [6, 6.07) is 14.0. The Bertz CT molecular complexity index is 935. The first-order chi connectivity index (χ1) is 12.2. The Balaban J connectivity index is 1.78. The number of aromatic nitrogens is 3. The van der Waals surface area contributed by atoms with Gasteiger partial charge in [0.1, 0.15) is 11.6 Å². The van der Waals surface area contributed by atoms with Gasteiger partial charge in [-0.25, -0.2) is 4.39 Å². The van der Waals surface area contributed by atoms with E-state index in [2.05, 4.69) is 17.1 Å². The average molecular weight is 354 g/mol. The Kier molecular flexibility index (Phi) is 4.01. The third-order valence-corrected chi connectivity index (χ3v) is 5.02. The standard InChI is InChI=1S/C18H15FN4OS/c1-11-16(12-5-9-15(24-2)10-6-12)22-23-17(20-21-18(23)25-11)13-3-7-14(19)8-4-13/h3-11H,1-2H3/t11-/m0/s1. The summed E-state index contributed by atoms with van der Waals surface area (Å²) in [6.07, 6.45) is 0. The number of halogens is 1. The van der Waals surface area contributed by atoms with Crippen LogP contribution >= 0.6 is 11.8 Å². The van der Waals surface area contributed by atoms with Crippen LogP contribution in [0.1, 0.15) is 12.5 Å². The third-order valence-electron chi connectivity index (χ3n) is 3.98. The predicted molar refractivity (Wildman–Crippen MR) is 95.7 cm³/mol. The second-order valence-electron chi connectivity index (χ2n) is 5.60. The highest BCUT2D eigenvalue weighted by atomic mass is 32.2. The van der Waals surface area contributed by atoms with Crippen LogP contribution in [0.3, 0.4) is 0 Å². The number of fused-ring (bicyclic) bond motifs is 1. The summed E-state index contributed by atoms with van der Waals surface area (Å²) in [6.45, 7) is 2.09. The molecule has 1 aliphatic rings. The first kappa shape index (κ1) is 15.8. The number of hydrogen-bond donors (Lipinski definition) is 0. The SMILES string of the molecule is COc1ccc(C2=Nn3c(nnc3-c3ccc(F)cc3)S[C@H]2C)cc1. The summed E-state index contributed by atoms with van der Waals surface area (Å²) < 4.78 is 20.1. The molecule has 0 N–H and O–H groups in total. The largest absolute Gasteiger partial charge is 0.497 e. The van der Waals surface area contributed by atoms with Crippen molar-refractivity contribution in [3.05, 3.63) is 59.9 Å². The van der Waals surface area contributed by atoms with E-state index in [1.807, 2.05) is 24.3 Å². The van der Waals surface area contributed by atoms with Gasteiger partial charge in [-0.15, -0.1) is 10.2 Å². The van der Waals surface area contributed by atoms with Gasteiger partial charge in [0.05, 0.1) is 18.1 Å². The van der Waals surface area contributed by atoms with Crippen LogP contribution in [-0.4, -0.2) is 32.9 Å². The van der Waals surface area contributed by atoms with Gasteiger partial charge in [-0.05, 0) is 61.0 Å². The quantitative estimate of drug-likeness (QED) is 0.717. The maximum absolute atomic E-state index is 13.2. The van der Waals surface area contributed by atoms with Crippen molar-refractivity contribution in [1.29, 1.82) is 0 Å². The van der Waals surface area contributed by atoms with Gasteiger partial charge in [0.25, 0.3) is 0 Å². The maximum Gasteiger partial charge on any atom is 0.213 e. The van der Waals surface area contributed by atoms with Crippen molar-refractivity contribution in [2.75, 3.05) is 7.11 Å². The maximum atomic E-state index is 13.2. The van der Waals surface area contributed by atoms with Crippen LogP contribution < -0.4 is 4.74 Å². The van der Waals surface area contributed by atoms with Crippen molar-refractivity contribution in [3.8, 4) is 17.1 Å². The summed E-state index contributed by atoms with van der Waals surface area (Å²) in [5, 5.41) is 14.1. The molecule has 0 radical (unpaired) electrons. The van der Waals surface area contributed by atoms with Gasteiger partial charge < -0.3 is 4.74 Å². The fourth-order valence-corrected chi connectivity index (χ4v) is 3.59. The molecule has 25 heavy (non-hydrogen) atoms. The number of benzene rings is 2. The van der Waals surface area contributed by atoms with E-state index in [0.717, 1.165) is 27.7 Å². The third kappa shape index (κ3) is 2.91. The highest BCUT2D eigenvalue weighted by Gasteiger charge is 2.26. The molecule has 1 aliphatic heterocycles. The van der Waals surface area contributed by atoms with E-state index in [9.17, 15) is 4.39 Å². The van der Waals surface area contributed by atoms with Crippen molar-refractivity contribution < 1.29 is 9.13 Å². The minimum absolute atomic E-state index is 0.145. The molecule has 5 nitrogen and oxygen atoms in total. The van der Waals surface area contributed by atoms with E-state index >= 15 is 0 Å². The van der Waals surface area contributed by atoms with E-state index in [1.54, 1.807) is 35.7 Å². The zero-order valence-corrected chi connectivity index (χ0v) is 14.5. The number of hydrogen-bond acceptors (Lipinski definition) is 5. The van der Waals surface area contributed by atoms with Crippen molar-refractivity contribution in [3.63, 3.8) is 0 Å². The Hall–Kier alpha value is -2.67. The van der Waals surface area contributed by atoms with Crippen LogP contribution in [-0.2, 0) is 0 Å². The Morgan fingerprint density at radius 3 is 2.36 bits per heavy atom. The van der Waals surface area contributed by atoms with Crippen LogP contribution in [0.2, 0.25) is 0 Å². The lowest BCUT2D eigenvalue weighted by atomic mass is 10.1. The molecule has 0 unspecified atom stereocenters. The number of thioether (sulfide) groups is 1. The molecule has 0 saturated heterocycles. The number of rotatable bonds is 3. The smallest absolute Gasteiger partial charge is 0.213 e. The molecular weight excluding hydrogens is 339 g/mol. The molecule has 0 amide bonds. The van der Waals surface area contributed by atoms with Crippen LogP contribution in [0.15, 0.2) is 58.8 Å². The van der Waals surface area contributed by atoms with Gasteiger partial charge in [0.15, 0.2) is 5.82 Å². The molecule has 0 saturated carbocycles. The lowest BCUT2D eigenvalue weighted by Crippen LogP contribution is -2.21. The molecule has 7 heteroatoms. The summed E-state index contributed by atoms with van der Waals surface area (Å²) in [5.74, 6) is 1.12. The Morgan fingerprint density at radius 1 is 1.00 bits per heavy atom. The second kappa shape index (κ2) is 6.33. The second-order valence-corrected chi connectivity index (χ2v) is 6.91. The van der Waals surface area contributed by atoms with Gasteiger partial charge >= 0.3 is 0 Å². The molecule has 0 aliphatic carbocycles. The van der Waals surface area contributed by atoms with Crippen LogP contribution in [0.5, 0.6) is 5.75 Å². The zero-order valence-electron chi connectivity index (χ0n) is 13.7. The molecule has 0 fully saturated rings. The fraction of sp³-hybridized carbons (Fsp3) is 0.167. The van der Waals surface area contributed by atoms with Crippen molar-refractivity contribution in [1.82, 2.24) is 14.9 Å². The van der Waals surface area contributed by atoms with E-state index in [0.29, 0.717) is 5.82 Å². The molecule has 1 aromatic heterocycles. The summed E-state index contributed by atoms with van der Waals surface area (Å²) in [7, 11) is 1.64. The minimum atomic E-state index is -0.285. The fourth-order valence-electron chi connectivity index (χ4n) is 2.67. The molecule has 4 rings (SSSR count). The number of methoxy groups -OCH3 is 1. The average Bonchev–Trinajstić information content (AvgIpc) is 3.04. The molecular formula is C18H15FN4OS. The first-order valence-electron chi connectivity index (χ1n) is 7.77. The highest BCUT2D eigenvalue weighted by molar-refractivity contribution is 8.00. The van der Waals surface area contributed by atoms with Gasteiger partial charge in [-0.1, -0.05) is 11.8 Å². The monoisotopic (exact) mass is 354 g/mol. The van der Waals surface area contributed by atoms with Crippen LogP contribution in [0.4, 0.5) is 4.39 Å². The van der Waals surface area contributed by atoms with Gasteiger partial charge in [-0.3, -0.25) is 0 Å². The topological polar surface area (TPSA) is 52.3 Å². The molecule has 2 aromatic carbocycles. The molecule has 0 bridgehead atoms. The molecule has 3 aromatic rings. The van der Waals surface area contributed by atoms with Gasteiger partial charge in [-0.2, -0.15) is 9.78 Å². The van der Waals surface area contributed by atoms with Gasteiger partial charge in [0, 0.05) is 5.56 Å². The van der Waals surface area contributed by atoms with Crippen molar-refractivity contribution in [2.24, 2.45) is 5.10 Å². The van der Waals surface area contributed by atoms with Crippen molar-refractivity contribution >= 4 is 17.5 Å². The summed E-state index contributed by atoms with van der Waals surface area (Å²) in [4.78, 5) is 0. The number of nitrogens with zero attached hydrogens (tertiary/aromatic N) is 4. The van der Waals surface area contributed by atoms with E-state index < -0.39 is 0 Å². The first-order valence-corrected chi connectivity index (χ1v) is 8.65. The number of ether oxygens (including phenoxy) is 1. The summed E-state index contributed by atoms with van der Waals surface area (Å²) >= 11 is 1.60. The van der Waals surface area contributed by atoms with Crippen molar-refractivity contribution in [2.45, 2.75) is 17.3 Å². The van der Waals surface area contributed by atoms with Crippen LogP contribution in [0, 0.1) is 5.82 Å². The van der Waals surface area contributed by atoms with Crippen LogP contribution in [0.25, 0.3) is 11.4 Å². The van der Waals surface area contributed by atoms with E-state index in [1.165, 1.54) is 12.1 Å². The Labute approximate surface area is 148 Å². The summed E-state index contributed by atoms with van der Waals surface area (Å²) in [5.41, 5.74) is 2.72. The molecule has 126 valence electrons. The van der Waals surface area contributed by atoms with Gasteiger partial charge in [0.2, 0.25) is 5.16 Å². The predicted octanol–water partition coefficient (Wildman–Crippen LogP) is 3.84. The zero-order chi connectivity index (χ0) is 17.4.